The number of anilines is 1. The number of aromatic nitrogens is 3. The van der Waals surface area contributed by atoms with Crippen LogP contribution in [0.4, 0.5) is 10.2 Å². The van der Waals surface area contributed by atoms with Crippen molar-refractivity contribution in [3.8, 4) is 11.9 Å². The average molecular weight is 529 g/mol. The minimum Gasteiger partial charge on any atom is -0.478 e. The second-order valence-electron chi connectivity index (χ2n) is 9.50. The second kappa shape index (κ2) is 11.5. The van der Waals surface area contributed by atoms with Crippen LogP contribution >= 0.6 is 0 Å². The maximum atomic E-state index is 14.2. The summed E-state index contributed by atoms with van der Waals surface area (Å²) in [4.78, 5) is 23.2. The van der Waals surface area contributed by atoms with Crippen molar-refractivity contribution >= 4 is 22.8 Å². The van der Waals surface area contributed by atoms with E-state index in [9.17, 15) is 14.3 Å². The van der Waals surface area contributed by atoms with Crippen LogP contribution in [0.1, 0.15) is 47.1 Å². The van der Waals surface area contributed by atoms with Crippen molar-refractivity contribution < 1.29 is 19.0 Å². The van der Waals surface area contributed by atoms with E-state index in [0.717, 1.165) is 36.2 Å². The summed E-state index contributed by atoms with van der Waals surface area (Å²) < 4.78 is 22.0. The van der Waals surface area contributed by atoms with Gasteiger partial charge in [-0.2, -0.15) is 10.2 Å². The van der Waals surface area contributed by atoms with Crippen LogP contribution in [-0.2, 0) is 19.7 Å². The maximum absolute atomic E-state index is 14.2. The number of nitrogens with zero attached hydrogens (tertiary/aromatic N) is 5. The van der Waals surface area contributed by atoms with Crippen molar-refractivity contribution in [2.24, 2.45) is 0 Å². The number of carboxylic acids is 1. The van der Waals surface area contributed by atoms with E-state index in [1.807, 2.05) is 25.1 Å². The summed E-state index contributed by atoms with van der Waals surface area (Å²) in [6.45, 7) is 5.07. The van der Waals surface area contributed by atoms with E-state index >= 15 is 0 Å². The molecule has 0 bridgehead atoms. The summed E-state index contributed by atoms with van der Waals surface area (Å²) >= 11 is 0. The fourth-order valence-electron chi connectivity index (χ4n) is 5.00. The molecule has 1 fully saturated rings. The van der Waals surface area contributed by atoms with Crippen molar-refractivity contribution in [3.63, 3.8) is 0 Å². The third-order valence-electron chi connectivity index (χ3n) is 7.03. The summed E-state index contributed by atoms with van der Waals surface area (Å²) in [6, 6.07) is 17.0. The first-order valence-corrected chi connectivity index (χ1v) is 12.9. The SMILES string of the molecule is CCn1c(CN2CCCC2CNc2cccc(OCc3ccc(C#N)cc3F)n2)nc2ccc(C(=O)O)cc21. The first-order valence-electron chi connectivity index (χ1n) is 12.9. The van der Waals surface area contributed by atoms with Crippen LogP contribution in [0.3, 0.4) is 0 Å². The van der Waals surface area contributed by atoms with Gasteiger partial charge in [-0.25, -0.2) is 14.2 Å². The molecule has 5 rings (SSSR count). The van der Waals surface area contributed by atoms with Crippen LogP contribution in [0.5, 0.6) is 5.88 Å². The molecule has 1 saturated heterocycles. The first kappa shape index (κ1) is 26.1. The largest absolute Gasteiger partial charge is 0.478 e. The minimum absolute atomic E-state index is 0.0107. The highest BCUT2D eigenvalue weighted by Crippen LogP contribution is 2.24. The number of nitriles is 1. The normalized spacial score (nSPS) is 15.4. The molecule has 1 unspecified atom stereocenters. The molecule has 1 aliphatic rings. The highest BCUT2D eigenvalue weighted by Gasteiger charge is 2.26. The van der Waals surface area contributed by atoms with E-state index in [0.29, 0.717) is 36.9 Å². The van der Waals surface area contributed by atoms with Gasteiger partial charge in [0.25, 0.3) is 0 Å². The molecular weight excluding hydrogens is 499 g/mol. The lowest BCUT2D eigenvalue weighted by Crippen LogP contribution is -2.35. The summed E-state index contributed by atoms with van der Waals surface area (Å²) in [7, 11) is 0. The molecule has 9 nitrogen and oxygen atoms in total. The number of aromatic carboxylic acids is 1. The standard InChI is InChI=1S/C29H29FN6O3/c1-2-36-25-14-20(29(37)38)10-11-24(25)33-27(36)17-35-12-4-5-22(35)16-32-26-6-3-7-28(34-26)39-18-21-9-8-19(15-31)13-23(21)30/h3,6-11,13-14,22H,2,4-5,12,16-18H2,1H3,(H,32,34)(H,37,38). The lowest BCUT2D eigenvalue weighted by Gasteiger charge is -2.25. The highest BCUT2D eigenvalue weighted by atomic mass is 19.1. The number of ether oxygens (including phenoxy) is 1. The van der Waals surface area contributed by atoms with Crippen molar-refractivity contribution in [1.29, 1.82) is 5.26 Å². The molecule has 1 aliphatic heterocycles. The summed E-state index contributed by atoms with van der Waals surface area (Å²) in [5.41, 5.74) is 2.51. The van der Waals surface area contributed by atoms with E-state index in [1.54, 1.807) is 36.4 Å². The van der Waals surface area contributed by atoms with Gasteiger partial charge in [0.2, 0.25) is 5.88 Å². The molecule has 39 heavy (non-hydrogen) atoms. The van der Waals surface area contributed by atoms with E-state index in [1.165, 1.54) is 6.07 Å². The van der Waals surface area contributed by atoms with Gasteiger partial charge in [0.1, 0.15) is 24.1 Å². The van der Waals surface area contributed by atoms with Gasteiger partial charge in [-0.3, -0.25) is 4.90 Å². The molecule has 2 N–H and O–H groups in total. The van der Waals surface area contributed by atoms with Crippen molar-refractivity contribution in [1.82, 2.24) is 19.4 Å². The summed E-state index contributed by atoms with van der Waals surface area (Å²) in [5, 5.41) is 21.7. The fourth-order valence-corrected chi connectivity index (χ4v) is 5.00. The summed E-state index contributed by atoms with van der Waals surface area (Å²) in [5.74, 6) is 0.539. The topological polar surface area (TPSA) is 116 Å². The molecule has 0 amide bonds. The Kier molecular flexibility index (Phi) is 7.70. The number of hydrogen-bond donors (Lipinski definition) is 2. The Labute approximate surface area is 225 Å². The Hall–Kier alpha value is -4.49. The maximum Gasteiger partial charge on any atom is 0.335 e. The zero-order chi connectivity index (χ0) is 27.4. The zero-order valence-corrected chi connectivity index (χ0v) is 21.6. The monoisotopic (exact) mass is 528 g/mol. The quantitative estimate of drug-likeness (QED) is 0.301. The number of rotatable bonds is 10. The van der Waals surface area contributed by atoms with E-state index < -0.39 is 11.8 Å². The number of hydrogen-bond acceptors (Lipinski definition) is 7. The third-order valence-corrected chi connectivity index (χ3v) is 7.03. The number of nitrogens with one attached hydrogen (secondary N) is 1. The molecule has 200 valence electrons. The molecule has 0 aliphatic carbocycles. The number of carboxylic acid groups (broad SMARTS) is 1. The van der Waals surface area contributed by atoms with Gasteiger partial charge in [0.05, 0.1) is 34.8 Å². The Morgan fingerprint density at radius 3 is 2.87 bits per heavy atom. The van der Waals surface area contributed by atoms with E-state index in [4.69, 9.17) is 15.0 Å². The van der Waals surface area contributed by atoms with Crippen LogP contribution in [0.15, 0.2) is 54.6 Å². The number of imidazole rings is 1. The van der Waals surface area contributed by atoms with Gasteiger partial charge in [-0.1, -0.05) is 12.1 Å². The zero-order valence-electron chi connectivity index (χ0n) is 21.6. The third kappa shape index (κ3) is 5.84. The number of aryl methyl sites for hydroxylation is 1. The number of benzene rings is 2. The van der Waals surface area contributed by atoms with Gasteiger partial charge >= 0.3 is 5.97 Å². The molecule has 10 heteroatoms. The molecule has 1 atom stereocenters. The van der Waals surface area contributed by atoms with Gasteiger partial charge in [0.15, 0.2) is 0 Å². The van der Waals surface area contributed by atoms with Crippen LogP contribution in [-0.4, -0.2) is 49.6 Å². The fraction of sp³-hybridized carbons (Fsp3) is 0.310. The molecule has 0 radical (unpaired) electrons. The van der Waals surface area contributed by atoms with Crippen LogP contribution in [0.2, 0.25) is 0 Å². The van der Waals surface area contributed by atoms with E-state index in [2.05, 4.69) is 19.8 Å². The average Bonchev–Trinajstić information content (AvgIpc) is 3.54. The Bertz CT molecular complexity index is 1550. The van der Waals surface area contributed by atoms with Crippen LogP contribution in [0.25, 0.3) is 11.0 Å². The van der Waals surface area contributed by atoms with Gasteiger partial charge in [0, 0.05) is 30.8 Å². The summed E-state index contributed by atoms with van der Waals surface area (Å²) in [6.07, 6.45) is 2.12. The number of fused-ring (bicyclic) bond motifs is 1. The number of pyridine rings is 1. The van der Waals surface area contributed by atoms with E-state index in [-0.39, 0.29) is 23.8 Å². The molecule has 2 aromatic carbocycles. The van der Waals surface area contributed by atoms with Gasteiger partial charge in [-0.05, 0) is 62.7 Å². The lowest BCUT2D eigenvalue weighted by atomic mass is 10.1. The Balaban J connectivity index is 1.22. The predicted octanol–water partition coefficient (Wildman–Crippen LogP) is 4.82. The molecule has 4 aromatic rings. The Morgan fingerprint density at radius 1 is 1.23 bits per heavy atom. The van der Waals surface area contributed by atoms with Crippen molar-refractivity contribution in [3.05, 3.63) is 82.9 Å². The Morgan fingerprint density at radius 2 is 2.10 bits per heavy atom. The lowest BCUT2D eigenvalue weighted by molar-refractivity contribution is 0.0697. The minimum atomic E-state index is -0.947. The van der Waals surface area contributed by atoms with Gasteiger partial charge < -0.3 is 19.7 Å². The number of carbonyl (C=O) groups is 1. The number of likely N-dealkylation sites (tertiary alicyclic amines) is 1. The van der Waals surface area contributed by atoms with Gasteiger partial charge in [-0.15, -0.1) is 0 Å². The van der Waals surface area contributed by atoms with Crippen molar-refractivity contribution in [2.75, 3.05) is 18.4 Å². The predicted molar refractivity (Wildman–Crippen MR) is 144 cm³/mol. The van der Waals surface area contributed by atoms with Crippen LogP contribution < -0.4 is 10.1 Å². The number of halogens is 1. The molecule has 3 heterocycles. The molecule has 0 saturated carbocycles. The highest BCUT2D eigenvalue weighted by molar-refractivity contribution is 5.92. The first-order chi connectivity index (χ1) is 18.9. The molecule has 2 aromatic heterocycles. The molecular formula is C29H29FN6O3. The van der Waals surface area contributed by atoms with Crippen LogP contribution in [0, 0.1) is 17.1 Å². The van der Waals surface area contributed by atoms with Crippen molar-refractivity contribution in [2.45, 2.75) is 45.5 Å². The second-order valence-corrected chi connectivity index (χ2v) is 9.50. The smallest absolute Gasteiger partial charge is 0.335 e. The molecule has 0 spiro atoms.